The molecular weight excluding hydrogens is 374 g/mol. The summed E-state index contributed by atoms with van der Waals surface area (Å²) in [5.41, 5.74) is 2.89. The maximum absolute atomic E-state index is 12.1. The number of aryl methyl sites for hydroxylation is 2. The lowest BCUT2D eigenvalue weighted by Gasteiger charge is -2.11. The summed E-state index contributed by atoms with van der Waals surface area (Å²) in [4.78, 5) is 23.9. The van der Waals surface area contributed by atoms with Gasteiger partial charge in [0.15, 0.2) is 6.61 Å². The van der Waals surface area contributed by atoms with Crippen molar-refractivity contribution in [2.45, 2.75) is 13.8 Å². The van der Waals surface area contributed by atoms with Crippen molar-refractivity contribution in [3.8, 4) is 5.75 Å². The smallest absolute Gasteiger partial charge is 0.340 e. The van der Waals surface area contributed by atoms with Crippen LogP contribution in [0.4, 0.5) is 5.69 Å². The minimum absolute atomic E-state index is 0.154. The monoisotopic (exact) mass is 391 g/mol. The zero-order valence-corrected chi connectivity index (χ0v) is 15.3. The highest BCUT2D eigenvalue weighted by Gasteiger charge is 2.15. The molecule has 1 amide bonds. The zero-order valence-electron chi connectivity index (χ0n) is 13.7. The van der Waals surface area contributed by atoms with Gasteiger partial charge >= 0.3 is 5.97 Å². The number of anilines is 1. The number of ether oxygens (including phenoxy) is 2. The minimum Gasteiger partial charge on any atom is -0.484 e. The Balaban J connectivity index is 2.04. The van der Waals surface area contributed by atoms with E-state index in [9.17, 15) is 9.59 Å². The Morgan fingerprint density at radius 3 is 2.50 bits per heavy atom. The Hall–Kier alpha value is -2.34. The number of nitrogens with one attached hydrogen (secondary N) is 1. The first-order valence-corrected chi connectivity index (χ1v) is 8.08. The van der Waals surface area contributed by atoms with Crippen molar-refractivity contribution in [3.63, 3.8) is 0 Å². The van der Waals surface area contributed by atoms with E-state index < -0.39 is 5.97 Å². The summed E-state index contributed by atoms with van der Waals surface area (Å²) in [6.07, 6.45) is 0. The van der Waals surface area contributed by atoms with Crippen LogP contribution in [-0.2, 0) is 9.53 Å². The number of amides is 1. The lowest BCUT2D eigenvalue weighted by Crippen LogP contribution is -2.21. The molecule has 6 heteroatoms. The predicted molar refractivity (Wildman–Crippen MR) is 95.5 cm³/mol. The Morgan fingerprint density at radius 1 is 1.08 bits per heavy atom. The average Bonchev–Trinajstić information content (AvgIpc) is 2.56. The highest BCUT2D eigenvalue weighted by atomic mass is 79.9. The van der Waals surface area contributed by atoms with E-state index >= 15 is 0 Å². The fourth-order valence-corrected chi connectivity index (χ4v) is 2.40. The quantitative estimate of drug-likeness (QED) is 0.785. The van der Waals surface area contributed by atoms with Gasteiger partial charge in [-0.05, 0) is 55.3 Å². The maximum Gasteiger partial charge on any atom is 0.340 e. The van der Waals surface area contributed by atoms with Gasteiger partial charge in [0.2, 0.25) is 0 Å². The van der Waals surface area contributed by atoms with Crippen LogP contribution in [0.5, 0.6) is 5.75 Å². The van der Waals surface area contributed by atoms with Crippen LogP contribution in [-0.4, -0.2) is 25.6 Å². The molecule has 0 radical (unpaired) electrons. The molecule has 1 N–H and O–H groups in total. The van der Waals surface area contributed by atoms with Crippen LogP contribution in [0.2, 0.25) is 0 Å². The summed E-state index contributed by atoms with van der Waals surface area (Å²) in [5, 5.41) is 2.66. The molecule has 0 spiro atoms. The van der Waals surface area contributed by atoms with Crippen LogP contribution < -0.4 is 10.1 Å². The van der Waals surface area contributed by atoms with Crippen molar-refractivity contribution in [2.24, 2.45) is 0 Å². The molecule has 0 fully saturated rings. The standard InChI is InChI=1S/C18H18BrNO4/c1-11-4-6-14(8-12(11)2)24-10-17(21)20-16-7-5-13(19)9-15(16)18(22)23-3/h4-9H,10H2,1-3H3,(H,20,21). The van der Waals surface area contributed by atoms with Gasteiger partial charge in [-0.2, -0.15) is 0 Å². The molecule has 2 aromatic carbocycles. The number of carbonyl (C=O) groups excluding carboxylic acids is 2. The third-order valence-corrected chi connectivity index (χ3v) is 4.00. The lowest BCUT2D eigenvalue weighted by molar-refractivity contribution is -0.118. The molecule has 0 aliphatic rings. The number of hydrogen-bond donors (Lipinski definition) is 1. The van der Waals surface area contributed by atoms with E-state index in [4.69, 9.17) is 9.47 Å². The maximum atomic E-state index is 12.1. The molecule has 0 aliphatic heterocycles. The molecule has 0 bridgehead atoms. The molecule has 0 aliphatic carbocycles. The van der Waals surface area contributed by atoms with Crippen LogP contribution in [0.1, 0.15) is 21.5 Å². The number of carbonyl (C=O) groups is 2. The first-order valence-electron chi connectivity index (χ1n) is 7.28. The summed E-state index contributed by atoms with van der Waals surface area (Å²) in [5.74, 6) is -0.264. The summed E-state index contributed by atoms with van der Waals surface area (Å²) in [6, 6.07) is 10.6. The van der Waals surface area contributed by atoms with Crippen molar-refractivity contribution in [1.82, 2.24) is 0 Å². The van der Waals surface area contributed by atoms with E-state index in [1.165, 1.54) is 7.11 Å². The second kappa shape index (κ2) is 7.97. The van der Waals surface area contributed by atoms with E-state index in [2.05, 4.69) is 21.2 Å². The fourth-order valence-electron chi connectivity index (χ4n) is 2.04. The number of esters is 1. The Labute approximate surface area is 149 Å². The van der Waals surface area contributed by atoms with E-state index in [0.29, 0.717) is 15.9 Å². The third-order valence-electron chi connectivity index (χ3n) is 3.51. The summed E-state index contributed by atoms with van der Waals surface area (Å²) in [7, 11) is 1.29. The van der Waals surface area contributed by atoms with Gasteiger partial charge in [-0.3, -0.25) is 4.79 Å². The molecule has 0 heterocycles. The van der Waals surface area contributed by atoms with E-state index in [0.717, 1.165) is 11.1 Å². The van der Waals surface area contributed by atoms with Crippen LogP contribution in [0, 0.1) is 13.8 Å². The van der Waals surface area contributed by atoms with Crippen LogP contribution >= 0.6 is 15.9 Å². The predicted octanol–water partition coefficient (Wildman–Crippen LogP) is 3.87. The van der Waals surface area contributed by atoms with Crippen molar-refractivity contribution in [3.05, 3.63) is 57.6 Å². The molecule has 0 saturated carbocycles. The number of halogens is 1. The summed E-state index contributed by atoms with van der Waals surface area (Å²) in [6.45, 7) is 3.83. The van der Waals surface area contributed by atoms with E-state index in [1.807, 2.05) is 32.0 Å². The fraction of sp³-hybridized carbons (Fsp3) is 0.222. The molecule has 0 aromatic heterocycles. The Bertz CT molecular complexity index is 774. The average molecular weight is 392 g/mol. The SMILES string of the molecule is COC(=O)c1cc(Br)ccc1NC(=O)COc1ccc(C)c(C)c1. The number of methoxy groups -OCH3 is 1. The summed E-state index contributed by atoms with van der Waals surface area (Å²) < 4.78 is 10.9. The highest BCUT2D eigenvalue weighted by molar-refractivity contribution is 9.10. The molecule has 0 atom stereocenters. The van der Waals surface area contributed by atoms with E-state index in [-0.39, 0.29) is 18.1 Å². The topological polar surface area (TPSA) is 64.6 Å². The molecule has 2 rings (SSSR count). The molecule has 0 unspecified atom stereocenters. The largest absolute Gasteiger partial charge is 0.484 e. The molecule has 5 nitrogen and oxygen atoms in total. The number of benzene rings is 2. The lowest BCUT2D eigenvalue weighted by atomic mass is 10.1. The summed E-state index contributed by atoms with van der Waals surface area (Å²) >= 11 is 3.29. The van der Waals surface area contributed by atoms with Gasteiger partial charge in [0.25, 0.3) is 5.91 Å². The number of hydrogen-bond acceptors (Lipinski definition) is 4. The van der Waals surface area contributed by atoms with Crippen LogP contribution in [0.3, 0.4) is 0 Å². The van der Waals surface area contributed by atoms with Gasteiger partial charge in [-0.25, -0.2) is 4.79 Å². The van der Waals surface area contributed by atoms with Gasteiger partial charge in [0.05, 0.1) is 18.4 Å². The van der Waals surface area contributed by atoms with Gasteiger partial charge in [-0.15, -0.1) is 0 Å². The van der Waals surface area contributed by atoms with Crippen molar-refractivity contribution < 1.29 is 19.1 Å². The van der Waals surface area contributed by atoms with Crippen molar-refractivity contribution in [1.29, 1.82) is 0 Å². The number of rotatable bonds is 5. The van der Waals surface area contributed by atoms with Gasteiger partial charge < -0.3 is 14.8 Å². The molecular formula is C18H18BrNO4. The second-order valence-corrected chi connectivity index (χ2v) is 6.18. The molecule has 24 heavy (non-hydrogen) atoms. The van der Waals surface area contributed by atoms with Crippen molar-refractivity contribution >= 4 is 33.5 Å². The Morgan fingerprint density at radius 2 is 1.83 bits per heavy atom. The Kier molecular flexibility index (Phi) is 5.98. The van der Waals surface area contributed by atoms with Gasteiger partial charge in [0, 0.05) is 4.47 Å². The van der Waals surface area contributed by atoms with Crippen molar-refractivity contribution in [2.75, 3.05) is 19.0 Å². The first kappa shape index (κ1) is 18.0. The molecule has 0 saturated heterocycles. The third kappa shape index (κ3) is 4.58. The molecule has 126 valence electrons. The second-order valence-electron chi connectivity index (χ2n) is 5.26. The molecule has 2 aromatic rings. The van der Waals surface area contributed by atoms with Crippen LogP contribution in [0.25, 0.3) is 0 Å². The minimum atomic E-state index is -0.526. The van der Waals surface area contributed by atoms with E-state index in [1.54, 1.807) is 18.2 Å². The van der Waals surface area contributed by atoms with Crippen LogP contribution in [0.15, 0.2) is 40.9 Å². The first-order chi connectivity index (χ1) is 11.4. The zero-order chi connectivity index (χ0) is 17.7. The van der Waals surface area contributed by atoms with Gasteiger partial charge in [-0.1, -0.05) is 22.0 Å². The van der Waals surface area contributed by atoms with Gasteiger partial charge in [0.1, 0.15) is 5.75 Å². The normalized spacial score (nSPS) is 10.2. The highest BCUT2D eigenvalue weighted by Crippen LogP contribution is 2.22.